The largest absolute Gasteiger partial charge is 0.573 e. The fourth-order valence-electron chi connectivity index (χ4n) is 1.76. The van der Waals surface area contributed by atoms with Gasteiger partial charge in [-0.05, 0) is 37.1 Å². The zero-order valence-electron chi connectivity index (χ0n) is 12.3. The molecule has 0 atom stereocenters. The van der Waals surface area contributed by atoms with Crippen molar-refractivity contribution in [1.82, 2.24) is 5.32 Å². The number of anilines is 1. The van der Waals surface area contributed by atoms with E-state index >= 15 is 0 Å². The number of amides is 3. The zero-order valence-corrected chi connectivity index (χ0v) is 12.3. The molecule has 0 aliphatic heterocycles. The maximum absolute atomic E-state index is 12.0. The molecule has 0 unspecified atom stereocenters. The van der Waals surface area contributed by atoms with E-state index in [2.05, 4.69) is 15.4 Å². The maximum Gasteiger partial charge on any atom is 0.573 e. The van der Waals surface area contributed by atoms with Crippen molar-refractivity contribution < 1.29 is 27.5 Å². The second kappa shape index (κ2) is 8.86. The predicted octanol–water partition coefficient (Wildman–Crippen LogP) is 2.75. The van der Waals surface area contributed by atoms with Gasteiger partial charge in [-0.3, -0.25) is 4.79 Å². The Bertz CT molecular complexity index is 518. The average molecular weight is 333 g/mol. The molecular formula is C14H18F3N3O3. The van der Waals surface area contributed by atoms with Crippen LogP contribution in [-0.4, -0.2) is 24.8 Å². The van der Waals surface area contributed by atoms with Gasteiger partial charge in [-0.1, -0.05) is 6.42 Å². The van der Waals surface area contributed by atoms with Gasteiger partial charge in [-0.2, -0.15) is 0 Å². The molecule has 0 aliphatic carbocycles. The van der Waals surface area contributed by atoms with Crippen LogP contribution in [0.15, 0.2) is 24.3 Å². The SMILES string of the molecule is NC(=O)NCCCCCC(=O)Nc1ccc(OC(F)(F)F)cc1. The van der Waals surface area contributed by atoms with Crippen LogP contribution in [0, 0.1) is 0 Å². The number of carbonyl (C=O) groups is 2. The number of alkyl halides is 3. The normalized spacial score (nSPS) is 10.9. The van der Waals surface area contributed by atoms with Gasteiger partial charge in [0.25, 0.3) is 0 Å². The van der Waals surface area contributed by atoms with Crippen LogP contribution in [0.1, 0.15) is 25.7 Å². The third kappa shape index (κ3) is 9.22. The second-order valence-corrected chi connectivity index (χ2v) is 4.72. The predicted molar refractivity (Wildman–Crippen MR) is 77.8 cm³/mol. The number of carbonyl (C=O) groups excluding carboxylic acids is 2. The molecular weight excluding hydrogens is 315 g/mol. The van der Waals surface area contributed by atoms with Crippen molar-refractivity contribution in [2.24, 2.45) is 5.73 Å². The van der Waals surface area contributed by atoms with Crippen molar-refractivity contribution in [1.29, 1.82) is 0 Å². The molecule has 3 amide bonds. The molecule has 1 aromatic rings. The summed E-state index contributed by atoms with van der Waals surface area (Å²) in [4.78, 5) is 22.1. The summed E-state index contributed by atoms with van der Waals surface area (Å²) in [7, 11) is 0. The molecule has 0 heterocycles. The van der Waals surface area contributed by atoms with Gasteiger partial charge in [0.1, 0.15) is 5.75 Å². The first-order valence-corrected chi connectivity index (χ1v) is 6.95. The Morgan fingerprint density at radius 3 is 2.30 bits per heavy atom. The van der Waals surface area contributed by atoms with Gasteiger partial charge in [0.05, 0.1) is 0 Å². The van der Waals surface area contributed by atoms with Crippen LogP contribution in [0.25, 0.3) is 0 Å². The molecule has 1 rings (SSSR count). The molecule has 0 saturated heterocycles. The van der Waals surface area contributed by atoms with Crippen LogP contribution in [0.3, 0.4) is 0 Å². The quantitative estimate of drug-likeness (QED) is 0.639. The fourth-order valence-corrected chi connectivity index (χ4v) is 1.76. The third-order valence-electron chi connectivity index (χ3n) is 2.75. The lowest BCUT2D eigenvalue weighted by Gasteiger charge is -2.10. The molecule has 0 radical (unpaired) electrons. The molecule has 0 aromatic heterocycles. The van der Waals surface area contributed by atoms with E-state index in [1.807, 2.05) is 0 Å². The molecule has 128 valence electrons. The van der Waals surface area contributed by atoms with Crippen LogP contribution in [-0.2, 0) is 4.79 Å². The Balaban J connectivity index is 2.25. The summed E-state index contributed by atoms with van der Waals surface area (Å²) in [6.07, 6.45) is -2.39. The van der Waals surface area contributed by atoms with Gasteiger partial charge in [-0.15, -0.1) is 13.2 Å². The van der Waals surface area contributed by atoms with Crippen molar-refractivity contribution in [3.63, 3.8) is 0 Å². The van der Waals surface area contributed by atoms with Gasteiger partial charge in [0.15, 0.2) is 0 Å². The van der Waals surface area contributed by atoms with Gasteiger partial charge >= 0.3 is 12.4 Å². The number of rotatable bonds is 8. The van der Waals surface area contributed by atoms with Crippen molar-refractivity contribution in [3.8, 4) is 5.75 Å². The number of urea groups is 1. The van der Waals surface area contributed by atoms with E-state index in [0.29, 0.717) is 25.1 Å². The first-order valence-electron chi connectivity index (χ1n) is 6.95. The van der Waals surface area contributed by atoms with E-state index in [9.17, 15) is 22.8 Å². The molecule has 0 bridgehead atoms. The highest BCUT2D eigenvalue weighted by Gasteiger charge is 2.30. The van der Waals surface area contributed by atoms with Gasteiger partial charge in [0, 0.05) is 18.7 Å². The molecule has 6 nitrogen and oxygen atoms in total. The molecule has 0 saturated carbocycles. The van der Waals surface area contributed by atoms with Gasteiger partial charge in [0.2, 0.25) is 5.91 Å². The number of unbranched alkanes of at least 4 members (excludes halogenated alkanes) is 2. The second-order valence-electron chi connectivity index (χ2n) is 4.72. The zero-order chi connectivity index (χ0) is 17.3. The number of primary amides is 1. The Morgan fingerprint density at radius 2 is 1.74 bits per heavy atom. The number of hydrogen-bond acceptors (Lipinski definition) is 3. The Kier molecular flexibility index (Phi) is 7.17. The lowest BCUT2D eigenvalue weighted by molar-refractivity contribution is -0.274. The topological polar surface area (TPSA) is 93.5 Å². The smallest absolute Gasteiger partial charge is 0.406 e. The lowest BCUT2D eigenvalue weighted by atomic mass is 10.2. The summed E-state index contributed by atoms with van der Waals surface area (Å²) in [5.41, 5.74) is 5.29. The van der Waals surface area contributed by atoms with Crippen LogP contribution in [0.4, 0.5) is 23.7 Å². The summed E-state index contributed by atoms with van der Waals surface area (Å²) >= 11 is 0. The first kappa shape index (κ1) is 18.6. The van der Waals surface area contributed by atoms with Crippen molar-refractivity contribution >= 4 is 17.6 Å². The van der Waals surface area contributed by atoms with Crippen molar-refractivity contribution in [3.05, 3.63) is 24.3 Å². The number of nitrogens with two attached hydrogens (primary N) is 1. The first-order chi connectivity index (χ1) is 10.8. The standard InChI is InChI=1S/C14H18F3N3O3/c15-14(16,17)23-11-7-5-10(6-8-11)20-12(21)4-2-1-3-9-19-13(18)22/h5-8H,1-4,9H2,(H,20,21)(H3,18,19,22). The molecule has 1 aromatic carbocycles. The van der Waals surface area contributed by atoms with Crippen LogP contribution < -0.4 is 21.1 Å². The van der Waals surface area contributed by atoms with Crippen LogP contribution in [0.2, 0.25) is 0 Å². The summed E-state index contributed by atoms with van der Waals surface area (Å²) in [6.45, 7) is 0.456. The van der Waals surface area contributed by atoms with E-state index in [0.717, 1.165) is 18.6 Å². The fraction of sp³-hybridized carbons (Fsp3) is 0.429. The Labute approximate surface area is 131 Å². The summed E-state index contributed by atoms with van der Waals surface area (Å²) in [6, 6.07) is 4.32. The van der Waals surface area contributed by atoms with E-state index in [-0.39, 0.29) is 18.1 Å². The van der Waals surface area contributed by atoms with Crippen molar-refractivity contribution in [2.45, 2.75) is 32.0 Å². The molecule has 0 aliphatic rings. The van der Waals surface area contributed by atoms with Gasteiger partial charge in [-0.25, -0.2) is 4.79 Å². The number of halogens is 3. The van der Waals surface area contributed by atoms with E-state index < -0.39 is 12.4 Å². The number of ether oxygens (including phenoxy) is 1. The highest BCUT2D eigenvalue weighted by molar-refractivity contribution is 5.90. The highest BCUT2D eigenvalue weighted by atomic mass is 19.4. The number of hydrogen-bond donors (Lipinski definition) is 3. The maximum atomic E-state index is 12.0. The molecule has 0 fully saturated rings. The van der Waals surface area contributed by atoms with E-state index in [1.54, 1.807) is 0 Å². The summed E-state index contributed by atoms with van der Waals surface area (Å²) in [5, 5.41) is 5.02. The Morgan fingerprint density at radius 1 is 1.09 bits per heavy atom. The average Bonchev–Trinajstić information content (AvgIpc) is 2.43. The number of nitrogens with one attached hydrogen (secondary N) is 2. The van der Waals surface area contributed by atoms with E-state index in [4.69, 9.17) is 5.73 Å². The molecule has 0 spiro atoms. The van der Waals surface area contributed by atoms with Crippen LogP contribution in [0.5, 0.6) is 5.75 Å². The van der Waals surface area contributed by atoms with E-state index in [1.165, 1.54) is 12.1 Å². The summed E-state index contributed by atoms with van der Waals surface area (Å²) in [5.74, 6) is -0.588. The lowest BCUT2D eigenvalue weighted by Crippen LogP contribution is -2.29. The van der Waals surface area contributed by atoms with Gasteiger partial charge < -0.3 is 21.1 Å². The minimum absolute atomic E-state index is 0.239. The van der Waals surface area contributed by atoms with Crippen LogP contribution >= 0.6 is 0 Å². The Hall–Kier alpha value is -2.45. The minimum Gasteiger partial charge on any atom is -0.406 e. The molecule has 9 heteroatoms. The van der Waals surface area contributed by atoms with Crippen molar-refractivity contribution in [2.75, 3.05) is 11.9 Å². The minimum atomic E-state index is -4.74. The third-order valence-corrected chi connectivity index (χ3v) is 2.75. The monoisotopic (exact) mass is 333 g/mol. The molecule has 4 N–H and O–H groups in total. The number of benzene rings is 1. The highest BCUT2D eigenvalue weighted by Crippen LogP contribution is 2.24. The summed E-state index contributed by atoms with van der Waals surface area (Å²) < 4.78 is 39.7. The molecule has 23 heavy (non-hydrogen) atoms.